The molecule has 1 fully saturated rings. The van der Waals surface area contributed by atoms with Gasteiger partial charge in [-0.3, -0.25) is 4.79 Å². The molecule has 3 heterocycles. The van der Waals surface area contributed by atoms with Crippen molar-refractivity contribution in [2.75, 3.05) is 6.54 Å². The molecule has 0 spiro atoms. The van der Waals surface area contributed by atoms with Crippen LogP contribution in [-0.2, 0) is 0 Å². The first-order chi connectivity index (χ1) is 10.6. The van der Waals surface area contributed by atoms with Crippen molar-refractivity contribution in [3.8, 4) is 0 Å². The number of aromatic nitrogens is 3. The third-order valence-corrected chi connectivity index (χ3v) is 4.25. The largest absolute Gasteiger partial charge is 0.363 e. The summed E-state index contributed by atoms with van der Waals surface area (Å²) >= 11 is 6.17. The molecule has 6 heteroatoms. The van der Waals surface area contributed by atoms with Crippen LogP contribution in [0.3, 0.4) is 0 Å². The van der Waals surface area contributed by atoms with Gasteiger partial charge in [-0.05, 0) is 25.0 Å². The summed E-state index contributed by atoms with van der Waals surface area (Å²) in [5.41, 5.74) is 1.36. The zero-order chi connectivity index (χ0) is 15.7. The van der Waals surface area contributed by atoms with E-state index in [-0.39, 0.29) is 17.9 Å². The van der Waals surface area contributed by atoms with E-state index in [4.69, 9.17) is 11.6 Å². The van der Waals surface area contributed by atoms with Crippen molar-refractivity contribution in [3.05, 3.63) is 46.8 Å². The summed E-state index contributed by atoms with van der Waals surface area (Å²) in [7, 11) is 0. The highest BCUT2D eigenvalue weighted by molar-refractivity contribution is 6.33. The van der Waals surface area contributed by atoms with Crippen molar-refractivity contribution in [3.63, 3.8) is 0 Å². The zero-order valence-corrected chi connectivity index (χ0v) is 13.5. The Morgan fingerprint density at radius 3 is 3.00 bits per heavy atom. The number of nitrogens with zero attached hydrogens (tertiary/aromatic N) is 3. The summed E-state index contributed by atoms with van der Waals surface area (Å²) in [5.74, 6) is 0.677. The van der Waals surface area contributed by atoms with Crippen LogP contribution in [0.1, 0.15) is 60.7 Å². The molecule has 22 heavy (non-hydrogen) atoms. The molecule has 1 aliphatic rings. The van der Waals surface area contributed by atoms with E-state index >= 15 is 0 Å². The number of aromatic amines is 1. The smallest absolute Gasteiger partial charge is 0.274 e. The number of halogens is 1. The monoisotopic (exact) mass is 318 g/mol. The highest BCUT2D eigenvalue weighted by atomic mass is 35.5. The van der Waals surface area contributed by atoms with Gasteiger partial charge in [0.15, 0.2) is 5.69 Å². The van der Waals surface area contributed by atoms with Gasteiger partial charge in [-0.1, -0.05) is 25.4 Å². The molecule has 0 bridgehead atoms. The van der Waals surface area contributed by atoms with Crippen LogP contribution in [0.4, 0.5) is 0 Å². The number of H-pyrrole nitrogens is 1. The Morgan fingerprint density at radius 1 is 1.50 bits per heavy atom. The molecular weight excluding hydrogens is 300 g/mol. The molecule has 1 N–H and O–H groups in total. The van der Waals surface area contributed by atoms with E-state index in [0.29, 0.717) is 16.5 Å². The lowest BCUT2D eigenvalue weighted by Crippen LogP contribution is -2.32. The van der Waals surface area contributed by atoms with Gasteiger partial charge in [0.05, 0.1) is 17.3 Å². The van der Waals surface area contributed by atoms with Gasteiger partial charge < -0.3 is 9.88 Å². The Bertz CT molecular complexity index is 669. The van der Waals surface area contributed by atoms with E-state index < -0.39 is 0 Å². The van der Waals surface area contributed by atoms with Gasteiger partial charge in [-0.2, -0.15) is 0 Å². The second kappa shape index (κ2) is 6.08. The molecule has 2 aromatic rings. The average Bonchev–Trinajstić information content (AvgIpc) is 3.17. The number of nitrogens with one attached hydrogen (secondary N) is 1. The molecule has 0 aromatic carbocycles. The van der Waals surface area contributed by atoms with Gasteiger partial charge in [0.25, 0.3) is 5.91 Å². The number of hydrogen-bond donors (Lipinski definition) is 1. The van der Waals surface area contributed by atoms with Crippen molar-refractivity contribution in [2.24, 2.45) is 0 Å². The fourth-order valence-corrected chi connectivity index (χ4v) is 3.00. The molecular formula is C16H19ClN4O. The quantitative estimate of drug-likeness (QED) is 0.941. The molecule has 0 radical (unpaired) electrons. The first kappa shape index (κ1) is 15.0. The van der Waals surface area contributed by atoms with Gasteiger partial charge in [0.1, 0.15) is 5.82 Å². The fraction of sp³-hybridized carbons (Fsp3) is 0.438. The van der Waals surface area contributed by atoms with E-state index in [1.165, 1.54) is 6.20 Å². The molecule has 1 amide bonds. The Hall–Kier alpha value is -1.88. The van der Waals surface area contributed by atoms with Crippen molar-refractivity contribution < 1.29 is 4.79 Å². The van der Waals surface area contributed by atoms with Gasteiger partial charge in [-0.15, -0.1) is 0 Å². The van der Waals surface area contributed by atoms with Crippen LogP contribution in [0.5, 0.6) is 0 Å². The minimum absolute atomic E-state index is 0.0658. The first-order valence-electron chi connectivity index (χ1n) is 7.54. The van der Waals surface area contributed by atoms with Gasteiger partial charge in [0.2, 0.25) is 0 Å². The number of rotatable bonds is 3. The van der Waals surface area contributed by atoms with Crippen molar-refractivity contribution >= 4 is 17.5 Å². The molecule has 2 aromatic heterocycles. The summed E-state index contributed by atoms with van der Waals surface area (Å²) < 4.78 is 0. The van der Waals surface area contributed by atoms with E-state index in [1.54, 1.807) is 0 Å². The molecule has 0 saturated carbocycles. The van der Waals surface area contributed by atoms with Crippen molar-refractivity contribution in [2.45, 2.75) is 38.6 Å². The normalized spacial score (nSPS) is 18.2. The van der Waals surface area contributed by atoms with E-state index in [1.807, 2.05) is 37.1 Å². The van der Waals surface area contributed by atoms with Crippen molar-refractivity contribution in [1.29, 1.82) is 0 Å². The molecule has 0 aliphatic carbocycles. The molecule has 1 aliphatic heterocycles. The lowest BCUT2D eigenvalue weighted by Gasteiger charge is -2.24. The highest BCUT2D eigenvalue weighted by Gasteiger charge is 2.33. The van der Waals surface area contributed by atoms with Gasteiger partial charge >= 0.3 is 0 Å². The number of likely N-dealkylation sites (tertiary alicyclic amines) is 1. The first-order valence-corrected chi connectivity index (χ1v) is 7.92. The standard InChI is InChI=1S/C16H19ClN4O/c1-10(2)15-19-9-11(17)14(20-15)16(22)21-8-4-6-13(21)12-5-3-7-18-12/h3,5,7,9-10,13,18H,4,6,8H2,1-2H3/t13-/m0/s1. The molecule has 116 valence electrons. The summed E-state index contributed by atoms with van der Waals surface area (Å²) in [6, 6.07) is 4.03. The van der Waals surface area contributed by atoms with E-state index in [9.17, 15) is 4.79 Å². The molecule has 1 saturated heterocycles. The summed E-state index contributed by atoms with van der Waals surface area (Å²) in [6.45, 7) is 4.71. The number of carbonyl (C=O) groups excluding carboxylic acids is 1. The Labute approximate surface area is 134 Å². The molecule has 5 nitrogen and oxygen atoms in total. The maximum absolute atomic E-state index is 12.9. The van der Waals surface area contributed by atoms with E-state index in [2.05, 4.69) is 15.0 Å². The second-order valence-corrected chi connectivity index (χ2v) is 6.27. The van der Waals surface area contributed by atoms with Crippen LogP contribution in [0.2, 0.25) is 5.02 Å². The molecule has 0 unspecified atom stereocenters. The minimum atomic E-state index is -0.119. The lowest BCUT2D eigenvalue weighted by atomic mass is 10.1. The molecule has 1 atom stereocenters. The SMILES string of the molecule is CC(C)c1ncc(Cl)c(C(=O)N2CCC[C@H]2c2ccc[nH]2)n1. The predicted molar refractivity (Wildman–Crippen MR) is 84.9 cm³/mol. The van der Waals surface area contributed by atoms with Crippen LogP contribution >= 0.6 is 11.6 Å². The topological polar surface area (TPSA) is 61.9 Å². The van der Waals surface area contributed by atoms with Crippen LogP contribution in [0.25, 0.3) is 0 Å². The third-order valence-electron chi connectivity index (χ3n) is 3.98. The summed E-state index contributed by atoms with van der Waals surface area (Å²) in [5, 5.41) is 0.312. The third kappa shape index (κ3) is 2.73. The van der Waals surface area contributed by atoms with Crippen LogP contribution < -0.4 is 0 Å². The average molecular weight is 319 g/mol. The number of hydrogen-bond acceptors (Lipinski definition) is 3. The maximum Gasteiger partial charge on any atom is 0.274 e. The predicted octanol–water partition coefficient (Wildman–Crippen LogP) is 3.56. The fourth-order valence-electron chi connectivity index (χ4n) is 2.83. The Kier molecular flexibility index (Phi) is 4.16. The van der Waals surface area contributed by atoms with E-state index in [0.717, 1.165) is 25.1 Å². The Balaban J connectivity index is 1.91. The highest BCUT2D eigenvalue weighted by Crippen LogP contribution is 2.33. The maximum atomic E-state index is 12.9. The van der Waals surface area contributed by atoms with Crippen LogP contribution in [0.15, 0.2) is 24.5 Å². The van der Waals surface area contributed by atoms with Crippen LogP contribution in [-0.4, -0.2) is 32.3 Å². The van der Waals surface area contributed by atoms with Crippen LogP contribution in [0, 0.1) is 0 Å². The summed E-state index contributed by atoms with van der Waals surface area (Å²) in [4.78, 5) is 26.5. The number of carbonyl (C=O) groups is 1. The van der Waals surface area contributed by atoms with Gasteiger partial charge in [0, 0.05) is 24.4 Å². The Morgan fingerprint density at radius 2 is 2.32 bits per heavy atom. The zero-order valence-electron chi connectivity index (χ0n) is 12.7. The molecule has 3 rings (SSSR count). The minimum Gasteiger partial charge on any atom is -0.363 e. The van der Waals surface area contributed by atoms with Crippen molar-refractivity contribution in [1.82, 2.24) is 19.9 Å². The number of amides is 1. The lowest BCUT2D eigenvalue weighted by molar-refractivity contribution is 0.0727. The summed E-state index contributed by atoms with van der Waals surface area (Å²) in [6.07, 6.45) is 5.34. The van der Waals surface area contributed by atoms with Gasteiger partial charge in [-0.25, -0.2) is 9.97 Å². The second-order valence-electron chi connectivity index (χ2n) is 5.86.